The predicted octanol–water partition coefficient (Wildman–Crippen LogP) is 13.6. The largest absolute Gasteiger partial charge is 0.488 e. The van der Waals surface area contributed by atoms with Crippen LogP contribution >= 0.6 is 0 Å². The summed E-state index contributed by atoms with van der Waals surface area (Å²) in [4.78, 5) is 9.47. The second kappa shape index (κ2) is 19.3. The van der Waals surface area contributed by atoms with Gasteiger partial charge in [-0.25, -0.2) is 0 Å². The molecule has 5 heteroatoms. The third-order valence-electron chi connectivity index (χ3n) is 15.2. The van der Waals surface area contributed by atoms with Gasteiger partial charge in [-0.1, -0.05) is 0 Å². The molecule has 0 fully saturated rings. The first kappa shape index (κ1) is 49.8. The number of aromatic nitrogens is 2. The van der Waals surface area contributed by atoms with Gasteiger partial charge >= 0.3 is 7.12 Å². The molecule has 4 aromatic carbocycles. The van der Waals surface area contributed by atoms with Gasteiger partial charge in [0.05, 0.1) is 5.69 Å². The van der Waals surface area contributed by atoms with Crippen molar-refractivity contribution in [2.75, 3.05) is 0 Å². The molecule has 2 N–H and O–H groups in total. The molecule has 0 spiro atoms. The molecule has 0 atom stereocenters. The standard InChI is InChI=1S/C28H35N.C18H23N.C11H17BO2/c1-14-12-25(27-21(8)17(4)15(2)18(5)22(27)9)13-26(29-14)28-23(10)19(6)16(3)20(7)24(28)11;1-10-8-17(9-11(2)19-10)18-15(6)13(4)12(3)14(5)16(18)7;1-6-7(2)9(4)11(12(13)14)10(5)8(6)3/h12-13H,1-11H3;8-9H,1-7H3;13-14H,1-5H3. The van der Waals surface area contributed by atoms with Crippen molar-refractivity contribution in [3.8, 4) is 33.5 Å². The number of pyridine rings is 2. The summed E-state index contributed by atoms with van der Waals surface area (Å²) < 4.78 is 0. The van der Waals surface area contributed by atoms with E-state index in [0.29, 0.717) is 5.46 Å². The van der Waals surface area contributed by atoms with Gasteiger partial charge < -0.3 is 10.0 Å². The van der Waals surface area contributed by atoms with Crippen LogP contribution in [0.15, 0.2) is 24.3 Å². The molecule has 0 amide bonds. The lowest BCUT2D eigenvalue weighted by atomic mass is 9.71. The fourth-order valence-corrected chi connectivity index (χ4v) is 9.59. The van der Waals surface area contributed by atoms with Gasteiger partial charge in [0, 0.05) is 22.6 Å². The van der Waals surface area contributed by atoms with Crippen molar-refractivity contribution in [3.05, 3.63) is 153 Å². The van der Waals surface area contributed by atoms with Crippen LogP contribution in [-0.4, -0.2) is 27.1 Å². The fourth-order valence-electron chi connectivity index (χ4n) is 9.59. The maximum Gasteiger partial charge on any atom is 0.488 e. The van der Waals surface area contributed by atoms with E-state index in [1.807, 2.05) is 27.7 Å². The van der Waals surface area contributed by atoms with Crippen LogP contribution in [0.4, 0.5) is 0 Å². The molecule has 0 saturated heterocycles. The normalized spacial score (nSPS) is 11.0. The van der Waals surface area contributed by atoms with Gasteiger partial charge in [0.25, 0.3) is 0 Å². The molecule has 0 aliphatic rings. The summed E-state index contributed by atoms with van der Waals surface area (Å²) in [5.41, 5.74) is 38.0. The van der Waals surface area contributed by atoms with Crippen LogP contribution in [0.2, 0.25) is 0 Å². The zero-order chi connectivity index (χ0) is 47.1. The average Bonchev–Trinajstić information content (AvgIpc) is 3.20. The summed E-state index contributed by atoms with van der Waals surface area (Å²) in [6.07, 6.45) is 0. The minimum atomic E-state index is -1.37. The summed E-state index contributed by atoms with van der Waals surface area (Å²) >= 11 is 0. The molecule has 0 saturated carbocycles. The van der Waals surface area contributed by atoms with Crippen molar-refractivity contribution < 1.29 is 10.0 Å². The first-order valence-corrected chi connectivity index (χ1v) is 22.3. The Morgan fingerprint density at radius 2 is 0.500 bits per heavy atom. The van der Waals surface area contributed by atoms with Gasteiger partial charge in [-0.05, 0) is 322 Å². The maximum atomic E-state index is 9.28. The fraction of sp³-hybridized carbons (Fsp3) is 0.404. The van der Waals surface area contributed by atoms with Crippen LogP contribution in [-0.2, 0) is 0 Å². The summed E-state index contributed by atoms with van der Waals surface area (Å²) in [6.45, 7) is 49.8. The number of benzene rings is 4. The highest BCUT2D eigenvalue weighted by atomic mass is 16.4. The number of nitrogens with zero attached hydrogens (tertiary/aromatic N) is 2. The highest BCUT2D eigenvalue weighted by molar-refractivity contribution is 6.59. The Kier molecular flexibility index (Phi) is 15.5. The Morgan fingerprint density at radius 1 is 0.274 bits per heavy atom. The zero-order valence-corrected chi connectivity index (χ0v) is 42.7. The van der Waals surface area contributed by atoms with E-state index in [1.165, 1.54) is 117 Å². The van der Waals surface area contributed by atoms with Crippen LogP contribution in [0, 0.1) is 159 Å². The van der Waals surface area contributed by atoms with Gasteiger partial charge in [-0.2, -0.15) is 0 Å². The van der Waals surface area contributed by atoms with Crippen LogP contribution in [0.3, 0.4) is 0 Å². The lowest BCUT2D eigenvalue weighted by Crippen LogP contribution is -2.36. The van der Waals surface area contributed by atoms with Crippen LogP contribution in [0.25, 0.3) is 33.5 Å². The molecular weight excluding hydrogens is 755 g/mol. The summed E-state index contributed by atoms with van der Waals surface area (Å²) in [5, 5.41) is 18.6. The second-order valence-corrected chi connectivity index (χ2v) is 18.4. The molecular formula is C57H75BN2O2. The van der Waals surface area contributed by atoms with E-state index in [9.17, 15) is 10.0 Å². The summed E-state index contributed by atoms with van der Waals surface area (Å²) in [7, 11) is -1.37. The van der Waals surface area contributed by atoms with E-state index in [1.54, 1.807) is 0 Å². The van der Waals surface area contributed by atoms with E-state index in [4.69, 9.17) is 4.98 Å². The van der Waals surface area contributed by atoms with Crippen LogP contribution in [0.5, 0.6) is 0 Å². The maximum absolute atomic E-state index is 9.28. The highest BCUT2D eigenvalue weighted by Gasteiger charge is 2.22. The third-order valence-corrected chi connectivity index (χ3v) is 15.2. The molecule has 2 heterocycles. The lowest BCUT2D eigenvalue weighted by Gasteiger charge is -2.21. The van der Waals surface area contributed by atoms with Crippen molar-refractivity contribution >= 4 is 12.6 Å². The first-order chi connectivity index (χ1) is 28.7. The monoisotopic (exact) mass is 831 g/mol. The Hall–Kier alpha value is -4.84. The smallest absolute Gasteiger partial charge is 0.423 e. The molecule has 6 rings (SSSR count). The minimum absolute atomic E-state index is 0.658. The number of hydrogen-bond acceptors (Lipinski definition) is 4. The van der Waals surface area contributed by atoms with Crippen LogP contribution < -0.4 is 5.46 Å². The lowest BCUT2D eigenvalue weighted by molar-refractivity contribution is 0.425. The van der Waals surface area contributed by atoms with Gasteiger partial charge in [0.15, 0.2) is 0 Å². The minimum Gasteiger partial charge on any atom is -0.423 e. The van der Waals surface area contributed by atoms with Crippen molar-refractivity contribution in [1.29, 1.82) is 0 Å². The summed E-state index contributed by atoms with van der Waals surface area (Å²) in [6, 6.07) is 8.93. The van der Waals surface area contributed by atoms with Gasteiger partial charge in [-0.15, -0.1) is 0 Å². The highest BCUT2D eigenvalue weighted by Crippen LogP contribution is 2.39. The molecule has 0 radical (unpaired) electrons. The quantitative estimate of drug-likeness (QED) is 0.174. The first-order valence-electron chi connectivity index (χ1n) is 22.3. The van der Waals surface area contributed by atoms with Crippen molar-refractivity contribution in [2.45, 2.75) is 159 Å². The molecule has 0 aliphatic carbocycles. The Balaban J connectivity index is 0.000000221. The molecule has 2 aromatic heterocycles. The van der Waals surface area contributed by atoms with E-state index in [-0.39, 0.29) is 0 Å². The van der Waals surface area contributed by atoms with Gasteiger partial charge in [0.1, 0.15) is 0 Å². The molecule has 4 nitrogen and oxygen atoms in total. The van der Waals surface area contributed by atoms with Crippen molar-refractivity contribution in [2.24, 2.45) is 0 Å². The number of rotatable bonds is 4. The number of hydrogen-bond donors (Lipinski definition) is 2. The molecule has 6 aromatic rings. The van der Waals surface area contributed by atoms with E-state index < -0.39 is 7.12 Å². The Labute approximate surface area is 376 Å². The Bertz CT molecular complexity index is 2510. The topological polar surface area (TPSA) is 66.2 Å². The predicted molar refractivity (Wildman–Crippen MR) is 270 cm³/mol. The number of aryl methyl sites for hydroxylation is 3. The second-order valence-electron chi connectivity index (χ2n) is 18.4. The molecule has 328 valence electrons. The molecule has 0 bridgehead atoms. The molecule has 0 aliphatic heterocycles. The van der Waals surface area contributed by atoms with E-state index in [0.717, 1.165) is 45.0 Å². The Morgan fingerprint density at radius 3 is 0.790 bits per heavy atom. The zero-order valence-electron chi connectivity index (χ0n) is 42.7. The van der Waals surface area contributed by atoms with Gasteiger partial charge in [0.2, 0.25) is 0 Å². The molecule has 62 heavy (non-hydrogen) atoms. The van der Waals surface area contributed by atoms with Gasteiger partial charge in [-0.3, -0.25) is 9.97 Å². The van der Waals surface area contributed by atoms with Crippen molar-refractivity contribution in [3.63, 3.8) is 0 Å². The third kappa shape index (κ3) is 9.41. The van der Waals surface area contributed by atoms with E-state index >= 15 is 0 Å². The van der Waals surface area contributed by atoms with E-state index in [2.05, 4.69) is 161 Å². The van der Waals surface area contributed by atoms with Crippen LogP contribution in [0.1, 0.15) is 128 Å². The van der Waals surface area contributed by atoms with Crippen molar-refractivity contribution in [1.82, 2.24) is 9.97 Å². The summed E-state index contributed by atoms with van der Waals surface area (Å²) in [5.74, 6) is 0. The average molecular weight is 831 g/mol. The SMILES string of the molecule is Cc1c(C)c(C)c(B(O)O)c(C)c1C.Cc1cc(-c2c(C)c(C)c(C)c(C)c2C)cc(-c2c(C)c(C)c(C)c(C)c2C)n1.Cc1cc(-c2c(C)c(C)c(C)c(C)c2C)cc(C)n1. The molecule has 0 unspecified atom stereocenters.